The molecule has 0 aromatic rings. The predicted molar refractivity (Wildman–Crippen MR) is 41.4 cm³/mol. The second-order valence-electron chi connectivity index (χ2n) is 1.08. The maximum atomic E-state index is 12.3. The van der Waals surface area contributed by atoms with Crippen molar-refractivity contribution in [2.45, 2.75) is 0 Å². The van der Waals surface area contributed by atoms with Crippen LogP contribution in [0.1, 0.15) is 0 Å². The van der Waals surface area contributed by atoms with E-state index in [0.29, 0.717) is 0 Å². The third-order valence-electron chi connectivity index (χ3n) is 0.180. The molecule has 0 aromatic heterocycles. The van der Waals surface area contributed by atoms with Crippen LogP contribution in [0.5, 0.6) is 0 Å². The van der Waals surface area contributed by atoms with Gasteiger partial charge in [-0.25, -0.2) is 0 Å². The first-order valence-electron chi connectivity index (χ1n) is 1.22. The zero-order chi connectivity index (χ0) is 6.15. The minimum atomic E-state index is -4.51. The second kappa shape index (κ2) is 1.71. The molecule has 0 bridgehead atoms. The van der Waals surface area contributed by atoms with Crippen LogP contribution in [0.3, 0.4) is 0 Å². The van der Waals surface area contributed by atoms with Crippen molar-refractivity contribution in [3.8, 4) is 4.08 Å². The van der Waals surface area contributed by atoms with Crippen LogP contribution in [0.2, 0.25) is 0 Å². The zero-order valence-corrected chi connectivity index (χ0v) is 7.96. The third-order valence-corrected chi connectivity index (χ3v) is 2.54. The van der Waals surface area contributed by atoms with Gasteiger partial charge in [-0.15, -0.1) is 0 Å². The Labute approximate surface area is 52.7 Å². The number of alkyl halides is 1. The number of halogens is 4. The molecule has 7 heavy (non-hydrogen) atoms. The van der Waals surface area contributed by atoms with Crippen LogP contribution in [-0.2, 0) is 0 Å². The van der Waals surface area contributed by atoms with Crippen molar-refractivity contribution in [1.82, 2.24) is 0 Å². The summed E-state index contributed by atoms with van der Waals surface area (Å²) in [6.07, 6.45) is 0. The molecule has 0 unspecified atom stereocenters. The second-order valence-corrected chi connectivity index (χ2v) is 23.7. The van der Waals surface area contributed by atoms with E-state index in [1.165, 1.54) is 4.08 Å². The number of nitrogens with zero attached hydrogens (tertiary/aromatic N) is 1. The molecule has 0 saturated heterocycles. The van der Waals surface area contributed by atoms with Gasteiger partial charge in [-0.3, -0.25) is 0 Å². The summed E-state index contributed by atoms with van der Waals surface area (Å²) < 4.78 is 13.7. The summed E-state index contributed by atoms with van der Waals surface area (Å²) in [6.45, 7) is 0. The molecule has 0 fully saturated rings. The number of hydrogen-bond acceptors (Lipinski definition) is 1. The van der Waals surface area contributed by atoms with Crippen molar-refractivity contribution in [2.24, 2.45) is 0 Å². The molecule has 0 radical (unpaired) electrons. The standard InChI is InChI=1S/C2H3BrClFIN/c1-6(3,4,5)2-7/h1H3. The number of hydrogen-bond donors (Lipinski definition) is 0. The van der Waals surface area contributed by atoms with Crippen molar-refractivity contribution < 1.29 is 2.86 Å². The van der Waals surface area contributed by atoms with E-state index in [9.17, 15) is 2.86 Å². The van der Waals surface area contributed by atoms with E-state index in [4.69, 9.17) is 14.2 Å². The molecule has 0 aliphatic rings. The van der Waals surface area contributed by atoms with E-state index in [2.05, 4.69) is 12.7 Å². The van der Waals surface area contributed by atoms with E-state index < -0.39 is 14.3 Å². The first kappa shape index (κ1) is 7.92. The molecule has 0 aliphatic carbocycles. The first-order chi connectivity index (χ1) is 2.81. The van der Waals surface area contributed by atoms with Gasteiger partial charge < -0.3 is 0 Å². The third kappa shape index (κ3) is 6.92. The van der Waals surface area contributed by atoms with Gasteiger partial charge >= 0.3 is 53.0 Å². The Kier molecular flexibility index (Phi) is 1.93. The average Bonchev–Trinajstić information content (AvgIpc) is 1.32. The first-order valence-corrected chi connectivity index (χ1v) is 12.8. The Morgan fingerprint density at radius 1 is 2.00 bits per heavy atom. The Bertz CT molecular complexity index is 113. The van der Waals surface area contributed by atoms with E-state index in [1.54, 1.807) is 0 Å². The molecule has 1 nitrogen and oxygen atoms in total. The Balaban J connectivity index is 4.21. The van der Waals surface area contributed by atoms with Crippen molar-refractivity contribution in [3.05, 3.63) is 0 Å². The van der Waals surface area contributed by atoms with Gasteiger partial charge in [-0.1, -0.05) is 0 Å². The van der Waals surface area contributed by atoms with E-state index >= 15 is 0 Å². The number of rotatable bonds is 0. The molecule has 5 heteroatoms. The van der Waals surface area contributed by atoms with Crippen LogP contribution < -0.4 is 0 Å². The number of nitriles is 1. The Morgan fingerprint density at radius 3 is 2.14 bits per heavy atom. The van der Waals surface area contributed by atoms with Crippen LogP contribution in [0.25, 0.3) is 0 Å². The fourth-order valence-corrected chi connectivity index (χ4v) is 0. The molecule has 0 heterocycles. The van der Waals surface area contributed by atoms with Gasteiger partial charge in [0.2, 0.25) is 0 Å². The molecule has 0 rings (SSSR count). The van der Waals surface area contributed by atoms with Gasteiger partial charge in [0.1, 0.15) is 0 Å². The molecule has 0 spiro atoms. The zero-order valence-electron chi connectivity index (χ0n) is 3.46. The van der Waals surface area contributed by atoms with E-state index in [1.807, 2.05) is 0 Å². The molecule has 0 aliphatic heterocycles. The summed E-state index contributed by atoms with van der Waals surface area (Å²) in [7, 11) is 5.05. The fraction of sp³-hybridized carbons (Fsp3) is 0.500. The molecule has 0 amide bonds. The summed E-state index contributed by atoms with van der Waals surface area (Å²) >= 11 is -2.00. The van der Waals surface area contributed by atoms with E-state index in [-0.39, 0.29) is 0 Å². The van der Waals surface area contributed by atoms with Crippen molar-refractivity contribution in [1.29, 1.82) is 5.26 Å². The van der Waals surface area contributed by atoms with Gasteiger partial charge in [0.25, 0.3) is 0 Å². The molecule has 0 saturated carbocycles. The summed E-state index contributed by atoms with van der Waals surface area (Å²) in [5, 5.41) is 7.94. The Hall–Kier alpha value is 0.920. The normalized spacial score (nSPS) is 16.7. The fourth-order valence-electron chi connectivity index (χ4n) is 0. The van der Waals surface area contributed by atoms with Gasteiger partial charge in [0, 0.05) is 0 Å². The minimum absolute atomic E-state index is 1.10. The summed E-state index contributed by atoms with van der Waals surface area (Å²) in [4.78, 5) is 1.10. The molecular weight excluding hydrogens is 299 g/mol. The van der Waals surface area contributed by atoms with Crippen LogP contribution >= 0.6 is 35.9 Å². The molecule has 0 N–H and O–H groups in total. The maximum absolute atomic E-state index is 12.3. The van der Waals surface area contributed by atoms with Crippen LogP contribution in [0.4, 0.5) is 2.86 Å². The van der Waals surface area contributed by atoms with Gasteiger partial charge in [-0.2, -0.15) is 0 Å². The summed E-state index contributed by atoms with van der Waals surface area (Å²) in [5.41, 5.74) is 0. The van der Waals surface area contributed by atoms with Crippen LogP contribution in [0.15, 0.2) is 0 Å². The van der Waals surface area contributed by atoms with Gasteiger partial charge in [0.05, 0.1) is 0 Å². The molecule has 44 valence electrons. The quantitative estimate of drug-likeness (QED) is 0.498. The van der Waals surface area contributed by atoms with Crippen LogP contribution in [0, 0.1) is 9.34 Å². The van der Waals surface area contributed by atoms with Gasteiger partial charge in [0.15, 0.2) is 0 Å². The monoisotopic (exact) mass is 301 g/mol. The van der Waals surface area contributed by atoms with Gasteiger partial charge in [-0.05, 0) is 0 Å². The SMILES string of the molecule is CI(F)(Cl)(Br)C#N. The van der Waals surface area contributed by atoms with E-state index in [0.717, 1.165) is 4.93 Å². The Morgan fingerprint density at radius 2 is 2.14 bits per heavy atom. The van der Waals surface area contributed by atoms with Crippen molar-refractivity contribution in [2.75, 3.05) is 4.93 Å². The molecular formula is C2H3BrClFIN. The summed E-state index contributed by atoms with van der Waals surface area (Å²) in [6, 6.07) is 0. The van der Waals surface area contributed by atoms with Crippen LogP contribution in [-0.4, -0.2) is 4.93 Å². The van der Waals surface area contributed by atoms with Crippen molar-refractivity contribution in [3.63, 3.8) is 0 Å². The molecule has 0 aromatic carbocycles. The molecule has 0 atom stereocenters. The van der Waals surface area contributed by atoms with Crippen molar-refractivity contribution >= 4 is 35.9 Å². The predicted octanol–water partition coefficient (Wildman–Crippen LogP) is 3.02. The topological polar surface area (TPSA) is 23.8 Å². The summed E-state index contributed by atoms with van der Waals surface area (Å²) in [5.74, 6) is 0. The average molecular weight is 302 g/mol.